The second-order valence-electron chi connectivity index (χ2n) is 6.07. The van der Waals surface area contributed by atoms with E-state index in [2.05, 4.69) is 36.1 Å². The van der Waals surface area contributed by atoms with Crippen molar-refractivity contribution in [2.75, 3.05) is 23.3 Å². The Balaban J connectivity index is 1.69. The minimum Gasteiger partial charge on any atom is -0.355 e. The number of nitrogens with one attached hydrogen (secondary N) is 1. The van der Waals surface area contributed by atoms with Crippen LogP contribution in [0.1, 0.15) is 41.7 Å². The lowest BCUT2D eigenvalue weighted by Crippen LogP contribution is -2.25. The molecule has 0 unspecified atom stereocenters. The van der Waals surface area contributed by atoms with Gasteiger partial charge in [-0.3, -0.25) is 4.79 Å². The van der Waals surface area contributed by atoms with E-state index < -0.39 is 0 Å². The summed E-state index contributed by atoms with van der Waals surface area (Å²) in [7, 11) is 0. The largest absolute Gasteiger partial charge is 0.355 e. The van der Waals surface area contributed by atoms with Crippen molar-refractivity contribution in [2.45, 2.75) is 32.6 Å². The van der Waals surface area contributed by atoms with Gasteiger partial charge in [0.1, 0.15) is 11.5 Å². The first kappa shape index (κ1) is 16.9. The van der Waals surface area contributed by atoms with Crippen LogP contribution in [0, 0.1) is 6.92 Å². The van der Waals surface area contributed by atoms with Crippen molar-refractivity contribution in [3.8, 4) is 0 Å². The minimum absolute atomic E-state index is 0.240. The molecule has 3 rings (SSSR count). The van der Waals surface area contributed by atoms with Gasteiger partial charge in [-0.15, -0.1) is 0 Å². The number of halogens is 1. The highest BCUT2D eigenvalue weighted by molar-refractivity contribution is 9.10. The van der Waals surface area contributed by atoms with Gasteiger partial charge in [0.25, 0.3) is 5.91 Å². The summed E-state index contributed by atoms with van der Waals surface area (Å²) >= 11 is 3.42. The van der Waals surface area contributed by atoms with E-state index in [1.807, 2.05) is 25.1 Å². The molecule has 0 aliphatic carbocycles. The average molecular weight is 389 g/mol. The summed E-state index contributed by atoms with van der Waals surface area (Å²) in [6.45, 7) is 3.98. The summed E-state index contributed by atoms with van der Waals surface area (Å²) in [5.74, 6) is 0.614. The van der Waals surface area contributed by atoms with Crippen LogP contribution in [0.4, 0.5) is 11.5 Å². The molecule has 24 heavy (non-hydrogen) atoms. The third-order valence-electron chi connectivity index (χ3n) is 4.24. The van der Waals surface area contributed by atoms with Gasteiger partial charge in [-0.2, -0.15) is 0 Å². The fourth-order valence-electron chi connectivity index (χ4n) is 2.86. The number of amides is 1. The highest BCUT2D eigenvalue weighted by Crippen LogP contribution is 2.21. The lowest BCUT2D eigenvalue weighted by Gasteiger charge is -2.20. The Bertz CT molecular complexity index is 709. The van der Waals surface area contributed by atoms with Gasteiger partial charge < -0.3 is 10.2 Å². The number of hydrogen-bond acceptors (Lipinski definition) is 4. The molecule has 1 aromatic carbocycles. The summed E-state index contributed by atoms with van der Waals surface area (Å²) in [6.07, 6.45) is 8.19. The summed E-state index contributed by atoms with van der Waals surface area (Å²) < 4.78 is 0.986. The van der Waals surface area contributed by atoms with Crippen LogP contribution in [0.25, 0.3) is 0 Å². The van der Waals surface area contributed by atoms with Crippen LogP contribution in [0.15, 0.2) is 35.1 Å². The van der Waals surface area contributed by atoms with Gasteiger partial charge in [0.05, 0.1) is 12.4 Å². The Labute approximate surface area is 150 Å². The van der Waals surface area contributed by atoms with Gasteiger partial charge in [0.15, 0.2) is 0 Å². The maximum atomic E-state index is 12.4. The number of carbonyl (C=O) groups excluding carboxylic acids is 1. The Kier molecular flexibility index (Phi) is 5.45. The normalized spacial score (nSPS) is 15.0. The maximum absolute atomic E-state index is 12.4. The van der Waals surface area contributed by atoms with Gasteiger partial charge in [-0.25, -0.2) is 9.97 Å². The average Bonchev–Trinajstić information content (AvgIpc) is 2.87. The number of benzene rings is 1. The van der Waals surface area contributed by atoms with E-state index in [1.165, 1.54) is 25.7 Å². The Morgan fingerprint density at radius 2 is 1.88 bits per heavy atom. The molecule has 0 bridgehead atoms. The van der Waals surface area contributed by atoms with E-state index >= 15 is 0 Å². The number of rotatable bonds is 3. The fraction of sp³-hybridized carbons (Fsp3) is 0.389. The molecule has 1 saturated heterocycles. The monoisotopic (exact) mass is 388 g/mol. The van der Waals surface area contributed by atoms with Gasteiger partial charge in [0, 0.05) is 23.2 Å². The highest BCUT2D eigenvalue weighted by Gasteiger charge is 2.14. The molecule has 0 spiro atoms. The van der Waals surface area contributed by atoms with Crippen molar-refractivity contribution in [2.24, 2.45) is 0 Å². The van der Waals surface area contributed by atoms with Gasteiger partial charge in [-0.05, 0) is 43.5 Å². The maximum Gasteiger partial charge on any atom is 0.275 e. The third-order valence-corrected chi connectivity index (χ3v) is 4.73. The molecule has 126 valence electrons. The number of carbonyl (C=O) groups is 1. The summed E-state index contributed by atoms with van der Waals surface area (Å²) in [6, 6.07) is 5.73. The molecule has 6 heteroatoms. The molecular weight excluding hydrogens is 368 g/mol. The fourth-order valence-corrected chi connectivity index (χ4v) is 3.33. The van der Waals surface area contributed by atoms with E-state index in [9.17, 15) is 4.79 Å². The lowest BCUT2D eigenvalue weighted by atomic mass is 10.2. The SMILES string of the molecule is Cc1cc(Br)ccc1NC(=O)c1cnc(N2CCCCCC2)cn1. The number of anilines is 2. The standard InChI is InChI=1S/C18H21BrN4O/c1-13-10-14(19)6-7-15(13)22-18(24)16-11-21-17(12-20-16)23-8-4-2-3-5-9-23/h6-7,10-12H,2-5,8-9H2,1H3,(H,22,24). The Morgan fingerprint density at radius 1 is 1.12 bits per heavy atom. The van der Waals surface area contributed by atoms with Crippen LogP contribution >= 0.6 is 15.9 Å². The number of aryl methyl sites for hydroxylation is 1. The molecule has 1 aliphatic rings. The molecule has 1 N–H and O–H groups in total. The van der Waals surface area contributed by atoms with Crippen LogP contribution in [0.5, 0.6) is 0 Å². The zero-order valence-electron chi connectivity index (χ0n) is 13.8. The predicted molar refractivity (Wildman–Crippen MR) is 99.5 cm³/mol. The molecular formula is C18H21BrN4O. The van der Waals surface area contributed by atoms with Gasteiger partial charge in [-0.1, -0.05) is 28.8 Å². The van der Waals surface area contributed by atoms with Crippen molar-refractivity contribution in [1.29, 1.82) is 0 Å². The van der Waals surface area contributed by atoms with Crippen molar-refractivity contribution < 1.29 is 4.79 Å². The molecule has 1 aromatic heterocycles. The summed E-state index contributed by atoms with van der Waals surface area (Å²) in [5, 5.41) is 2.89. The zero-order chi connectivity index (χ0) is 16.9. The Hall–Kier alpha value is -1.95. The second-order valence-corrected chi connectivity index (χ2v) is 6.99. The number of aromatic nitrogens is 2. The molecule has 1 amide bonds. The molecule has 0 atom stereocenters. The van der Waals surface area contributed by atoms with Crippen molar-refractivity contribution in [3.05, 3.63) is 46.3 Å². The van der Waals surface area contributed by atoms with E-state index in [0.29, 0.717) is 5.69 Å². The van der Waals surface area contributed by atoms with E-state index in [0.717, 1.165) is 34.6 Å². The van der Waals surface area contributed by atoms with Crippen LogP contribution in [-0.2, 0) is 0 Å². The van der Waals surface area contributed by atoms with Crippen molar-refractivity contribution >= 4 is 33.3 Å². The minimum atomic E-state index is -0.240. The van der Waals surface area contributed by atoms with Crippen molar-refractivity contribution in [3.63, 3.8) is 0 Å². The van der Waals surface area contributed by atoms with Crippen LogP contribution in [-0.4, -0.2) is 29.0 Å². The molecule has 0 saturated carbocycles. The molecule has 2 heterocycles. The summed E-state index contributed by atoms with van der Waals surface area (Å²) in [4.78, 5) is 23.3. The topological polar surface area (TPSA) is 58.1 Å². The zero-order valence-corrected chi connectivity index (χ0v) is 15.3. The van der Waals surface area contributed by atoms with Gasteiger partial charge >= 0.3 is 0 Å². The molecule has 2 aromatic rings. The predicted octanol–water partition coefficient (Wildman–Crippen LogP) is 4.18. The number of hydrogen-bond donors (Lipinski definition) is 1. The molecule has 5 nitrogen and oxygen atoms in total. The van der Waals surface area contributed by atoms with Crippen LogP contribution in [0.2, 0.25) is 0 Å². The van der Waals surface area contributed by atoms with E-state index in [4.69, 9.17) is 0 Å². The van der Waals surface area contributed by atoms with E-state index in [1.54, 1.807) is 12.4 Å². The highest BCUT2D eigenvalue weighted by atomic mass is 79.9. The van der Waals surface area contributed by atoms with Crippen LogP contribution < -0.4 is 10.2 Å². The van der Waals surface area contributed by atoms with E-state index in [-0.39, 0.29) is 5.91 Å². The summed E-state index contributed by atoms with van der Waals surface area (Å²) in [5.41, 5.74) is 2.10. The first-order chi connectivity index (χ1) is 11.6. The van der Waals surface area contributed by atoms with Crippen molar-refractivity contribution in [1.82, 2.24) is 9.97 Å². The second kappa shape index (κ2) is 7.75. The Morgan fingerprint density at radius 3 is 2.50 bits per heavy atom. The molecule has 0 radical (unpaired) electrons. The lowest BCUT2D eigenvalue weighted by molar-refractivity contribution is 0.102. The molecule has 1 fully saturated rings. The third kappa shape index (κ3) is 4.12. The van der Waals surface area contributed by atoms with Gasteiger partial charge in [0.2, 0.25) is 0 Å². The van der Waals surface area contributed by atoms with Crippen LogP contribution in [0.3, 0.4) is 0 Å². The number of nitrogens with zero attached hydrogens (tertiary/aromatic N) is 3. The smallest absolute Gasteiger partial charge is 0.275 e. The molecule has 1 aliphatic heterocycles. The first-order valence-electron chi connectivity index (χ1n) is 8.28. The quantitative estimate of drug-likeness (QED) is 0.856. The first-order valence-corrected chi connectivity index (χ1v) is 9.07.